The van der Waals surface area contributed by atoms with Crippen LogP contribution in [0.5, 0.6) is 0 Å². The molecule has 1 atom stereocenters. The maximum Gasteiger partial charge on any atom is 0.219 e. The summed E-state index contributed by atoms with van der Waals surface area (Å²) in [4.78, 5) is 13.6. The van der Waals surface area contributed by atoms with E-state index < -0.39 is 0 Å². The molecule has 1 fully saturated rings. The molecule has 2 heterocycles. The van der Waals surface area contributed by atoms with Gasteiger partial charge in [0, 0.05) is 25.1 Å². The molecule has 0 unspecified atom stereocenters. The molecule has 4 heteroatoms. The number of benzene rings is 1. The van der Waals surface area contributed by atoms with Gasteiger partial charge in [-0.25, -0.2) is 0 Å². The topological polar surface area (TPSA) is 46.1 Å². The van der Waals surface area contributed by atoms with Crippen molar-refractivity contribution in [2.75, 3.05) is 6.54 Å². The van der Waals surface area contributed by atoms with Crippen LogP contribution in [0, 0.1) is 6.92 Å². The van der Waals surface area contributed by atoms with Crippen LogP contribution in [-0.2, 0) is 11.2 Å². The summed E-state index contributed by atoms with van der Waals surface area (Å²) in [6.07, 6.45) is 4.06. The number of hydrogen-bond acceptors (Lipinski definition) is 3. The number of rotatable bonds is 4. The highest BCUT2D eigenvalue weighted by atomic mass is 16.2. The Kier molecular flexibility index (Phi) is 4.70. The van der Waals surface area contributed by atoms with E-state index in [1.54, 1.807) is 6.92 Å². The minimum Gasteiger partial charge on any atom is -0.340 e. The molecule has 4 nitrogen and oxygen atoms in total. The molecule has 1 aromatic heterocycles. The Morgan fingerprint density at radius 3 is 2.61 bits per heavy atom. The number of carbonyl (C=O) groups excluding carboxylic acids is 1. The summed E-state index contributed by atoms with van der Waals surface area (Å²) in [5.74, 6) is 0.188. The fourth-order valence-corrected chi connectivity index (χ4v) is 3.24. The van der Waals surface area contributed by atoms with Crippen molar-refractivity contribution in [3.63, 3.8) is 0 Å². The van der Waals surface area contributed by atoms with Crippen molar-refractivity contribution < 1.29 is 4.79 Å². The summed E-state index contributed by atoms with van der Waals surface area (Å²) in [5.41, 5.74) is 4.23. The Balaban J connectivity index is 1.61. The molecule has 0 N–H and O–H groups in total. The standard InChI is InChI=1S/C19H23N3O/c1-14-5-7-16(8-6-14)19-12-10-17(20-21-19)9-11-18-4-3-13-22(18)15(2)23/h5-8,10,12,18H,3-4,9,11,13H2,1-2H3/t18-/m1/s1. The van der Waals surface area contributed by atoms with E-state index >= 15 is 0 Å². The summed E-state index contributed by atoms with van der Waals surface area (Å²) >= 11 is 0. The fourth-order valence-electron chi connectivity index (χ4n) is 3.24. The molecule has 2 aromatic rings. The number of carbonyl (C=O) groups is 1. The number of aryl methyl sites for hydroxylation is 2. The molecular formula is C19H23N3O. The normalized spacial score (nSPS) is 17.5. The predicted molar refractivity (Wildman–Crippen MR) is 90.9 cm³/mol. The summed E-state index contributed by atoms with van der Waals surface area (Å²) in [7, 11) is 0. The number of likely N-dealkylation sites (tertiary alicyclic amines) is 1. The first-order valence-corrected chi connectivity index (χ1v) is 8.30. The molecule has 1 amide bonds. The largest absolute Gasteiger partial charge is 0.340 e. The fraction of sp³-hybridized carbons (Fsp3) is 0.421. The van der Waals surface area contributed by atoms with Gasteiger partial charge in [-0.2, -0.15) is 10.2 Å². The quantitative estimate of drug-likeness (QED) is 0.869. The average Bonchev–Trinajstić information content (AvgIpc) is 3.03. The van der Waals surface area contributed by atoms with E-state index in [2.05, 4.69) is 47.5 Å². The number of aromatic nitrogens is 2. The van der Waals surface area contributed by atoms with Gasteiger partial charge in [0.2, 0.25) is 5.91 Å². The van der Waals surface area contributed by atoms with Gasteiger partial charge in [0.15, 0.2) is 0 Å². The first kappa shape index (κ1) is 15.7. The molecule has 1 aromatic carbocycles. The summed E-state index contributed by atoms with van der Waals surface area (Å²) in [6.45, 7) is 4.64. The molecule has 1 aliphatic heterocycles. The highest BCUT2D eigenvalue weighted by molar-refractivity contribution is 5.73. The van der Waals surface area contributed by atoms with Crippen molar-refractivity contribution in [3.8, 4) is 11.3 Å². The van der Waals surface area contributed by atoms with Crippen LogP contribution in [0.1, 0.15) is 37.4 Å². The van der Waals surface area contributed by atoms with Gasteiger partial charge in [-0.1, -0.05) is 29.8 Å². The molecular weight excluding hydrogens is 286 g/mol. The Morgan fingerprint density at radius 1 is 1.17 bits per heavy atom. The van der Waals surface area contributed by atoms with E-state index in [4.69, 9.17) is 0 Å². The van der Waals surface area contributed by atoms with Gasteiger partial charge >= 0.3 is 0 Å². The second-order valence-electron chi connectivity index (χ2n) is 6.32. The molecule has 0 spiro atoms. The zero-order valence-electron chi connectivity index (χ0n) is 13.8. The van der Waals surface area contributed by atoms with Crippen LogP contribution in [-0.4, -0.2) is 33.6 Å². The highest BCUT2D eigenvalue weighted by Crippen LogP contribution is 2.22. The second kappa shape index (κ2) is 6.90. The van der Waals surface area contributed by atoms with Gasteiger partial charge in [-0.05, 0) is 44.7 Å². The number of nitrogens with zero attached hydrogens (tertiary/aromatic N) is 3. The summed E-state index contributed by atoms with van der Waals surface area (Å²) in [5, 5.41) is 8.70. The van der Waals surface area contributed by atoms with E-state index in [0.717, 1.165) is 49.2 Å². The third-order valence-electron chi connectivity index (χ3n) is 4.58. The van der Waals surface area contributed by atoms with Gasteiger partial charge < -0.3 is 4.90 Å². The van der Waals surface area contributed by atoms with Gasteiger partial charge in [-0.3, -0.25) is 4.79 Å². The van der Waals surface area contributed by atoms with E-state index in [1.807, 2.05) is 11.0 Å². The smallest absolute Gasteiger partial charge is 0.219 e. The predicted octanol–water partition coefficient (Wildman–Crippen LogP) is 3.40. The zero-order valence-corrected chi connectivity index (χ0v) is 13.8. The highest BCUT2D eigenvalue weighted by Gasteiger charge is 2.25. The van der Waals surface area contributed by atoms with Crippen LogP contribution in [0.15, 0.2) is 36.4 Å². The van der Waals surface area contributed by atoms with Crippen molar-refractivity contribution in [3.05, 3.63) is 47.7 Å². The maximum atomic E-state index is 11.6. The minimum absolute atomic E-state index is 0.188. The first-order valence-electron chi connectivity index (χ1n) is 8.30. The molecule has 0 aliphatic carbocycles. The number of hydrogen-bond donors (Lipinski definition) is 0. The maximum absolute atomic E-state index is 11.6. The third kappa shape index (κ3) is 3.76. The van der Waals surface area contributed by atoms with Gasteiger partial charge in [0.25, 0.3) is 0 Å². The van der Waals surface area contributed by atoms with Crippen LogP contribution in [0.25, 0.3) is 11.3 Å². The number of amides is 1. The minimum atomic E-state index is 0.188. The van der Waals surface area contributed by atoms with Crippen LogP contribution >= 0.6 is 0 Å². The van der Waals surface area contributed by atoms with E-state index in [9.17, 15) is 4.79 Å². The van der Waals surface area contributed by atoms with E-state index in [0.29, 0.717) is 6.04 Å². The Labute approximate surface area is 137 Å². The van der Waals surface area contributed by atoms with Crippen LogP contribution in [0.3, 0.4) is 0 Å². The molecule has 120 valence electrons. The third-order valence-corrected chi connectivity index (χ3v) is 4.58. The summed E-state index contributed by atoms with van der Waals surface area (Å²) < 4.78 is 0. The monoisotopic (exact) mass is 309 g/mol. The molecule has 0 saturated carbocycles. The van der Waals surface area contributed by atoms with Gasteiger partial charge in [0.05, 0.1) is 11.4 Å². The molecule has 1 aliphatic rings. The molecule has 0 bridgehead atoms. The Morgan fingerprint density at radius 2 is 1.96 bits per heavy atom. The first-order chi connectivity index (χ1) is 11.1. The SMILES string of the molecule is CC(=O)N1CCC[C@@H]1CCc1ccc(-c2ccc(C)cc2)nn1. The van der Waals surface area contributed by atoms with Crippen molar-refractivity contribution in [1.29, 1.82) is 0 Å². The lowest BCUT2D eigenvalue weighted by molar-refractivity contribution is -0.129. The second-order valence-corrected chi connectivity index (χ2v) is 6.32. The average molecular weight is 309 g/mol. The zero-order chi connectivity index (χ0) is 16.2. The molecule has 3 rings (SSSR count). The Hall–Kier alpha value is -2.23. The molecule has 1 saturated heterocycles. The van der Waals surface area contributed by atoms with Gasteiger partial charge in [0.1, 0.15) is 0 Å². The van der Waals surface area contributed by atoms with E-state index in [1.165, 1.54) is 5.56 Å². The van der Waals surface area contributed by atoms with Crippen molar-refractivity contribution >= 4 is 5.91 Å². The molecule has 23 heavy (non-hydrogen) atoms. The lowest BCUT2D eigenvalue weighted by Gasteiger charge is -2.22. The van der Waals surface area contributed by atoms with Crippen LogP contribution in [0.4, 0.5) is 0 Å². The van der Waals surface area contributed by atoms with Crippen LogP contribution in [0.2, 0.25) is 0 Å². The molecule has 0 radical (unpaired) electrons. The van der Waals surface area contributed by atoms with Crippen molar-refractivity contribution in [1.82, 2.24) is 15.1 Å². The summed E-state index contributed by atoms with van der Waals surface area (Å²) in [6, 6.07) is 12.8. The van der Waals surface area contributed by atoms with Crippen molar-refractivity contribution in [2.24, 2.45) is 0 Å². The lowest BCUT2D eigenvalue weighted by Crippen LogP contribution is -2.33. The Bertz CT molecular complexity index is 664. The van der Waals surface area contributed by atoms with Crippen molar-refractivity contribution in [2.45, 2.75) is 45.6 Å². The van der Waals surface area contributed by atoms with E-state index in [-0.39, 0.29) is 5.91 Å². The van der Waals surface area contributed by atoms with Gasteiger partial charge in [-0.15, -0.1) is 0 Å². The van der Waals surface area contributed by atoms with Crippen LogP contribution < -0.4 is 0 Å². The lowest BCUT2D eigenvalue weighted by atomic mass is 10.1.